The molecule has 0 saturated carbocycles. The third-order valence-electron chi connectivity index (χ3n) is 5.76. The second-order valence-corrected chi connectivity index (χ2v) is 9.79. The molecular formula is C18H19FN4O2S. The Morgan fingerprint density at radius 2 is 2.12 bits per heavy atom. The fourth-order valence-corrected chi connectivity index (χ4v) is 6.82. The highest BCUT2D eigenvalue weighted by Gasteiger charge is 2.45. The van der Waals surface area contributed by atoms with Crippen molar-refractivity contribution in [2.75, 3.05) is 29.5 Å². The van der Waals surface area contributed by atoms with Gasteiger partial charge in [0.25, 0.3) is 0 Å². The van der Waals surface area contributed by atoms with Crippen LogP contribution in [0.2, 0.25) is 0 Å². The number of hydrogen-bond donors (Lipinski definition) is 1. The molecule has 8 heteroatoms. The zero-order chi connectivity index (χ0) is 17.9. The van der Waals surface area contributed by atoms with E-state index < -0.39 is 9.84 Å². The fraction of sp³-hybridized carbons (Fsp3) is 0.444. The summed E-state index contributed by atoms with van der Waals surface area (Å²) in [5.74, 6) is 1.05. The van der Waals surface area contributed by atoms with E-state index in [-0.39, 0.29) is 22.7 Å². The number of rotatable bonds is 1. The number of benzene rings is 1. The minimum atomic E-state index is -2.94. The first-order valence-electron chi connectivity index (χ1n) is 8.82. The number of anilines is 1. The largest absolute Gasteiger partial charge is 0.355 e. The van der Waals surface area contributed by atoms with Gasteiger partial charge in [-0.3, -0.25) is 0 Å². The number of nitrogens with zero attached hydrogens (tertiary/aromatic N) is 3. The van der Waals surface area contributed by atoms with Gasteiger partial charge in [-0.1, -0.05) is 0 Å². The van der Waals surface area contributed by atoms with E-state index in [1.54, 1.807) is 6.07 Å². The van der Waals surface area contributed by atoms with E-state index in [1.165, 1.54) is 18.5 Å². The lowest BCUT2D eigenvalue weighted by Crippen LogP contribution is -2.44. The Kier molecular flexibility index (Phi) is 3.31. The van der Waals surface area contributed by atoms with Gasteiger partial charge in [-0.25, -0.2) is 22.8 Å². The van der Waals surface area contributed by atoms with Crippen molar-refractivity contribution < 1.29 is 12.8 Å². The molecule has 0 aliphatic carbocycles. The van der Waals surface area contributed by atoms with E-state index in [9.17, 15) is 12.8 Å². The second kappa shape index (κ2) is 5.39. The first-order chi connectivity index (χ1) is 12.4. The molecule has 2 fully saturated rings. The van der Waals surface area contributed by atoms with Gasteiger partial charge in [-0.2, -0.15) is 0 Å². The number of aromatic amines is 1. The van der Waals surface area contributed by atoms with Gasteiger partial charge in [0.05, 0.1) is 22.4 Å². The SMILES string of the molecule is O=S1(=O)CCC2(CCCN(c3ncnc4[nH]c5cc(F)ccc5c34)C2)C1. The van der Waals surface area contributed by atoms with Crippen LogP contribution in [0.5, 0.6) is 0 Å². The predicted molar refractivity (Wildman–Crippen MR) is 98.5 cm³/mol. The Morgan fingerprint density at radius 3 is 2.92 bits per heavy atom. The third-order valence-corrected chi connectivity index (χ3v) is 7.64. The molecule has 6 nitrogen and oxygen atoms in total. The minimum absolute atomic E-state index is 0.174. The van der Waals surface area contributed by atoms with Crippen LogP contribution in [0.25, 0.3) is 21.9 Å². The van der Waals surface area contributed by atoms with E-state index >= 15 is 0 Å². The molecule has 136 valence electrons. The molecule has 2 aliphatic rings. The standard InChI is InChI=1S/C18H19FN4O2S/c19-12-2-3-13-14(8-12)22-16-15(13)17(21-11-20-16)23-6-1-4-18(9-23)5-7-26(24,25)10-18/h2-3,8,11H,1,4-7,9-10H2,(H,20,21,22). The summed E-state index contributed by atoms with van der Waals surface area (Å²) < 4.78 is 37.7. The first-order valence-corrected chi connectivity index (χ1v) is 10.6. The molecule has 26 heavy (non-hydrogen) atoms. The summed E-state index contributed by atoms with van der Waals surface area (Å²) in [6.45, 7) is 1.52. The third kappa shape index (κ3) is 2.46. The smallest absolute Gasteiger partial charge is 0.150 e. The highest BCUT2D eigenvalue weighted by molar-refractivity contribution is 7.91. The summed E-state index contributed by atoms with van der Waals surface area (Å²) in [5.41, 5.74) is 1.19. The molecule has 0 amide bonds. The molecule has 2 aliphatic heterocycles. The fourth-order valence-electron chi connectivity index (χ4n) is 4.62. The van der Waals surface area contributed by atoms with Gasteiger partial charge < -0.3 is 9.88 Å². The monoisotopic (exact) mass is 374 g/mol. The normalized spacial score (nSPS) is 25.5. The van der Waals surface area contributed by atoms with Crippen molar-refractivity contribution in [2.24, 2.45) is 5.41 Å². The molecule has 1 unspecified atom stereocenters. The van der Waals surface area contributed by atoms with E-state index in [2.05, 4.69) is 19.9 Å². The van der Waals surface area contributed by atoms with Crippen molar-refractivity contribution >= 4 is 37.6 Å². The van der Waals surface area contributed by atoms with Crippen molar-refractivity contribution in [1.29, 1.82) is 0 Å². The molecule has 4 heterocycles. The van der Waals surface area contributed by atoms with Crippen LogP contribution in [0.3, 0.4) is 0 Å². The Morgan fingerprint density at radius 1 is 1.23 bits per heavy atom. The van der Waals surface area contributed by atoms with Gasteiger partial charge in [0.15, 0.2) is 9.84 Å². The zero-order valence-corrected chi connectivity index (χ0v) is 15.0. The Balaban J connectivity index is 1.61. The van der Waals surface area contributed by atoms with Gasteiger partial charge in [0.1, 0.15) is 23.6 Å². The summed E-state index contributed by atoms with van der Waals surface area (Å²) >= 11 is 0. The highest BCUT2D eigenvalue weighted by atomic mass is 32.2. The molecular weight excluding hydrogens is 355 g/mol. The molecule has 1 aromatic carbocycles. The molecule has 2 aromatic heterocycles. The van der Waals surface area contributed by atoms with E-state index in [1.807, 2.05) is 0 Å². The highest BCUT2D eigenvalue weighted by Crippen LogP contribution is 2.42. The summed E-state index contributed by atoms with van der Waals surface area (Å²) in [5, 5.41) is 1.76. The number of sulfone groups is 1. The lowest BCUT2D eigenvalue weighted by atomic mass is 9.79. The van der Waals surface area contributed by atoms with Crippen LogP contribution in [0.15, 0.2) is 24.5 Å². The van der Waals surface area contributed by atoms with Crippen molar-refractivity contribution in [3.05, 3.63) is 30.3 Å². The minimum Gasteiger partial charge on any atom is -0.355 e. The molecule has 0 radical (unpaired) electrons. The van der Waals surface area contributed by atoms with Crippen LogP contribution in [0.1, 0.15) is 19.3 Å². The van der Waals surface area contributed by atoms with E-state index in [0.717, 1.165) is 42.4 Å². The molecule has 2 saturated heterocycles. The lowest BCUT2D eigenvalue weighted by Gasteiger charge is -2.40. The zero-order valence-electron chi connectivity index (χ0n) is 14.2. The molecule has 0 bridgehead atoms. The summed E-state index contributed by atoms with van der Waals surface area (Å²) in [7, 11) is -2.94. The van der Waals surface area contributed by atoms with Gasteiger partial charge in [0, 0.05) is 23.9 Å². The number of halogens is 1. The first kappa shape index (κ1) is 16.0. The maximum absolute atomic E-state index is 13.6. The average molecular weight is 374 g/mol. The van der Waals surface area contributed by atoms with E-state index in [4.69, 9.17) is 0 Å². The Bertz CT molecular complexity index is 1130. The Labute approximate surface area is 150 Å². The molecule has 5 rings (SSSR count). The quantitative estimate of drug-likeness (QED) is 0.708. The van der Waals surface area contributed by atoms with Crippen LogP contribution in [-0.4, -0.2) is 48.0 Å². The van der Waals surface area contributed by atoms with Gasteiger partial charge in [-0.05, 0) is 37.5 Å². The van der Waals surface area contributed by atoms with Crippen LogP contribution >= 0.6 is 0 Å². The molecule has 3 aromatic rings. The molecule has 1 N–H and O–H groups in total. The van der Waals surface area contributed by atoms with Crippen molar-refractivity contribution in [1.82, 2.24) is 15.0 Å². The van der Waals surface area contributed by atoms with Gasteiger partial charge >= 0.3 is 0 Å². The predicted octanol–water partition coefficient (Wildman–Crippen LogP) is 2.66. The second-order valence-electron chi connectivity index (χ2n) is 7.60. The number of nitrogens with one attached hydrogen (secondary N) is 1. The summed E-state index contributed by atoms with van der Waals surface area (Å²) in [6, 6.07) is 4.64. The van der Waals surface area contributed by atoms with Crippen LogP contribution in [0.4, 0.5) is 10.2 Å². The molecule has 1 spiro atoms. The number of H-pyrrole nitrogens is 1. The summed E-state index contributed by atoms with van der Waals surface area (Å²) in [6.07, 6.45) is 4.11. The maximum atomic E-state index is 13.6. The number of aromatic nitrogens is 3. The van der Waals surface area contributed by atoms with Crippen LogP contribution in [0, 0.1) is 11.2 Å². The molecule has 1 atom stereocenters. The van der Waals surface area contributed by atoms with Crippen LogP contribution in [-0.2, 0) is 9.84 Å². The topological polar surface area (TPSA) is 79.0 Å². The number of piperidine rings is 1. The Hall–Kier alpha value is -2.22. The average Bonchev–Trinajstić information content (AvgIpc) is 3.11. The van der Waals surface area contributed by atoms with Crippen LogP contribution < -0.4 is 4.90 Å². The van der Waals surface area contributed by atoms with Gasteiger partial charge in [-0.15, -0.1) is 0 Å². The van der Waals surface area contributed by atoms with E-state index in [0.29, 0.717) is 17.7 Å². The van der Waals surface area contributed by atoms with Crippen molar-refractivity contribution in [3.63, 3.8) is 0 Å². The van der Waals surface area contributed by atoms with Crippen molar-refractivity contribution in [3.8, 4) is 0 Å². The van der Waals surface area contributed by atoms with Crippen molar-refractivity contribution in [2.45, 2.75) is 19.3 Å². The number of fused-ring (bicyclic) bond motifs is 3. The maximum Gasteiger partial charge on any atom is 0.150 e. The van der Waals surface area contributed by atoms with Gasteiger partial charge in [0.2, 0.25) is 0 Å². The lowest BCUT2D eigenvalue weighted by molar-refractivity contribution is 0.269. The summed E-state index contributed by atoms with van der Waals surface area (Å²) in [4.78, 5) is 14.2. The number of hydrogen-bond acceptors (Lipinski definition) is 5.